The van der Waals surface area contributed by atoms with Crippen LogP contribution in [0.3, 0.4) is 0 Å². The summed E-state index contributed by atoms with van der Waals surface area (Å²) in [6, 6.07) is 3.99. The first-order chi connectivity index (χ1) is 7.70. The van der Waals surface area contributed by atoms with Crippen LogP contribution in [-0.2, 0) is 24.6 Å². The normalized spacial score (nSPS) is 11.9. The van der Waals surface area contributed by atoms with E-state index in [4.69, 9.17) is 13.6 Å². The number of rotatable bonds is 8. The second kappa shape index (κ2) is 7.20. The first-order valence-electron chi connectivity index (χ1n) is 5.26. The van der Waals surface area contributed by atoms with Crippen molar-refractivity contribution in [2.45, 2.75) is 20.3 Å². The van der Waals surface area contributed by atoms with Crippen molar-refractivity contribution in [1.29, 1.82) is 0 Å². The third-order valence-corrected chi connectivity index (χ3v) is 4.34. The van der Waals surface area contributed by atoms with Gasteiger partial charge in [0.2, 0.25) is 0 Å². The van der Waals surface area contributed by atoms with Gasteiger partial charge in [0.15, 0.2) is 0 Å². The third kappa shape index (κ3) is 4.76. The Labute approximate surface area is 100 Å². The molecule has 1 rings (SSSR count). The Morgan fingerprint density at radius 1 is 1.25 bits per heavy atom. The average molecular weight is 264 g/mol. The van der Waals surface area contributed by atoms with Crippen LogP contribution in [0.4, 0.5) is 0 Å². The minimum absolute atomic E-state index is 0.316. The molecule has 0 amide bonds. The summed E-state index contributed by atoms with van der Waals surface area (Å²) in [4.78, 5) is 1.19. The van der Waals surface area contributed by atoms with Gasteiger partial charge < -0.3 is 0 Å². The number of hydrogen-bond donors (Lipinski definition) is 0. The smallest absolute Gasteiger partial charge is 0.287 e. The van der Waals surface area contributed by atoms with Crippen LogP contribution < -0.4 is 0 Å². The molecule has 0 aliphatic rings. The maximum atomic E-state index is 11.9. The molecule has 0 aliphatic carbocycles. The monoisotopic (exact) mass is 264 g/mol. The summed E-state index contributed by atoms with van der Waals surface area (Å²) >= 11 is 1.65. The summed E-state index contributed by atoms with van der Waals surface area (Å²) in [5.74, 6) is 0. The molecule has 1 aromatic heterocycles. The van der Waals surface area contributed by atoms with Gasteiger partial charge in [-0.2, -0.15) is 0 Å². The first-order valence-corrected chi connectivity index (χ1v) is 7.60. The molecule has 1 aromatic rings. The summed E-state index contributed by atoms with van der Waals surface area (Å²) < 4.78 is 27.1. The van der Waals surface area contributed by atoms with Crippen LogP contribution in [0.25, 0.3) is 0 Å². The van der Waals surface area contributed by atoms with Gasteiger partial charge >= 0.3 is 7.82 Å². The topological polar surface area (TPSA) is 44.8 Å². The Bertz CT molecular complexity index is 316. The zero-order chi connectivity index (χ0) is 11.9. The number of phosphoric acid groups is 1. The lowest BCUT2D eigenvalue weighted by molar-refractivity contribution is 0.123. The summed E-state index contributed by atoms with van der Waals surface area (Å²) in [6.45, 7) is 4.49. The van der Waals surface area contributed by atoms with E-state index in [9.17, 15) is 4.57 Å². The Kier molecular flexibility index (Phi) is 6.24. The van der Waals surface area contributed by atoms with Crippen LogP contribution in [0.5, 0.6) is 0 Å². The van der Waals surface area contributed by atoms with Gasteiger partial charge in [-0.25, -0.2) is 4.57 Å². The van der Waals surface area contributed by atoms with Crippen LogP contribution in [0.1, 0.15) is 18.7 Å². The lowest BCUT2D eigenvalue weighted by Crippen LogP contribution is -2.02. The second-order valence-electron chi connectivity index (χ2n) is 2.95. The zero-order valence-electron chi connectivity index (χ0n) is 9.55. The van der Waals surface area contributed by atoms with Crippen LogP contribution >= 0.6 is 19.2 Å². The van der Waals surface area contributed by atoms with Gasteiger partial charge in [0.1, 0.15) is 0 Å². The SMILES string of the molecule is CCOP(=O)(OCC)OCCc1cccs1. The van der Waals surface area contributed by atoms with E-state index in [0.717, 1.165) is 6.42 Å². The Morgan fingerprint density at radius 3 is 2.44 bits per heavy atom. The Hall–Kier alpha value is -0.190. The highest BCUT2D eigenvalue weighted by atomic mass is 32.1. The van der Waals surface area contributed by atoms with Crippen molar-refractivity contribution in [1.82, 2.24) is 0 Å². The van der Waals surface area contributed by atoms with E-state index in [2.05, 4.69) is 0 Å². The maximum Gasteiger partial charge on any atom is 0.474 e. The summed E-state index contributed by atoms with van der Waals surface area (Å²) in [7, 11) is -3.33. The molecule has 0 atom stereocenters. The third-order valence-electron chi connectivity index (χ3n) is 1.75. The van der Waals surface area contributed by atoms with Gasteiger partial charge in [-0.1, -0.05) is 6.07 Å². The van der Waals surface area contributed by atoms with Crippen molar-refractivity contribution < 1.29 is 18.1 Å². The van der Waals surface area contributed by atoms with Crippen molar-refractivity contribution in [2.75, 3.05) is 19.8 Å². The van der Waals surface area contributed by atoms with E-state index < -0.39 is 7.82 Å². The molecule has 0 spiro atoms. The largest absolute Gasteiger partial charge is 0.474 e. The van der Waals surface area contributed by atoms with Crippen molar-refractivity contribution in [3.63, 3.8) is 0 Å². The molecule has 0 aromatic carbocycles. The van der Waals surface area contributed by atoms with Crippen molar-refractivity contribution >= 4 is 19.2 Å². The highest BCUT2D eigenvalue weighted by Gasteiger charge is 2.24. The fraction of sp³-hybridized carbons (Fsp3) is 0.600. The lowest BCUT2D eigenvalue weighted by atomic mass is 10.4. The molecular weight excluding hydrogens is 247 g/mol. The van der Waals surface area contributed by atoms with E-state index in [1.54, 1.807) is 25.2 Å². The summed E-state index contributed by atoms with van der Waals surface area (Å²) in [5, 5.41) is 2.00. The van der Waals surface area contributed by atoms with Gasteiger partial charge in [-0.3, -0.25) is 13.6 Å². The molecule has 0 unspecified atom stereocenters. The molecule has 1 heterocycles. The molecule has 0 saturated carbocycles. The average Bonchev–Trinajstić information content (AvgIpc) is 2.71. The standard InChI is InChI=1S/C10H17O4PS/c1-3-12-15(11,13-4-2)14-8-7-10-6-5-9-16-10/h5-6,9H,3-4,7-8H2,1-2H3. The number of hydrogen-bond acceptors (Lipinski definition) is 5. The fourth-order valence-electron chi connectivity index (χ4n) is 1.14. The zero-order valence-corrected chi connectivity index (χ0v) is 11.3. The molecule has 0 radical (unpaired) electrons. The summed E-state index contributed by atoms with van der Waals surface area (Å²) in [5.41, 5.74) is 0. The van der Waals surface area contributed by atoms with Crippen LogP contribution in [0, 0.1) is 0 Å². The molecule has 0 aliphatic heterocycles. The number of phosphoric ester groups is 1. The van der Waals surface area contributed by atoms with Crippen molar-refractivity contribution in [3.8, 4) is 0 Å². The summed E-state index contributed by atoms with van der Waals surface area (Å²) in [6.07, 6.45) is 0.724. The Balaban J connectivity index is 2.35. The van der Waals surface area contributed by atoms with Crippen LogP contribution in [0.15, 0.2) is 17.5 Å². The molecular formula is C10H17O4PS. The van der Waals surface area contributed by atoms with Gasteiger partial charge in [0, 0.05) is 11.3 Å². The minimum Gasteiger partial charge on any atom is -0.287 e. The van der Waals surface area contributed by atoms with E-state index in [1.165, 1.54) is 4.88 Å². The molecule has 0 saturated heterocycles. The van der Waals surface area contributed by atoms with Gasteiger partial charge in [0.05, 0.1) is 19.8 Å². The van der Waals surface area contributed by atoms with Crippen molar-refractivity contribution in [2.24, 2.45) is 0 Å². The second-order valence-corrected chi connectivity index (χ2v) is 5.65. The van der Waals surface area contributed by atoms with E-state index in [-0.39, 0.29) is 0 Å². The first kappa shape index (κ1) is 13.9. The van der Waals surface area contributed by atoms with E-state index in [1.807, 2.05) is 17.5 Å². The molecule has 0 fully saturated rings. The Morgan fingerprint density at radius 2 is 1.94 bits per heavy atom. The van der Waals surface area contributed by atoms with Gasteiger partial charge in [0.25, 0.3) is 0 Å². The highest BCUT2D eigenvalue weighted by molar-refractivity contribution is 7.48. The molecule has 16 heavy (non-hydrogen) atoms. The molecule has 92 valence electrons. The van der Waals surface area contributed by atoms with Crippen LogP contribution in [-0.4, -0.2) is 19.8 Å². The van der Waals surface area contributed by atoms with Crippen LogP contribution in [0.2, 0.25) is 0 Å². The van der Waals surface area contributed by atoms with E-state index >= 15 is 0 Å². The van der Waals surface area contributed by atoms with Crippen molar-refractivity contribution in [3.05, 3.63) is 22.4 Å². The lowest BCUT2D eigenvalue weighted by Gasteiger charge is -2.15. The highest BCUT2D eigenvalue weighted by Crippen LogP contribution is 2.49. The fourth-order valence-corrected chi connectivity index (χ4v) is 3.00. The van der Waals surface area contributed by atoms with Gasteiger partial charge in [-0.05, 0) is 25.3 Å². The molecule has 4 nitrogen and oxygen atoms in total. The maximum absolute atomic E-state index is 11.9. The van der Waals surface area contributed by atoms with E-state index in [0.29, 0.717) is 19.8 Å². The molecule has 0 N–H and O–H groups in total. The predicted octanol–water partition coefficient (Wildman–Crippen LogP) is 3.49. The predicted molar refractivity (Wildman–Crippen MR) is 64.8 cm³/mol. The molecule has 6 heteroatoms. The van der Waals surface area contributed by atoms with Gasteiger partial charge in [-0.15, -0.1) is 11.3 Å². The minimum atomic E-state index is -3.33. The molecule has 0 bridgehead atoms. The quantitative estimate of drug-likeness (QED) is 0.674. The number of thiophene rings is 1.